The van der Waals surface area contributed by atoms with Gasteiger partial charge in [-0.2, -0.15) is 0 Å². The maximum atomic E-state index is 10.9. The van der Waals surface area contributed by atoms with E-state index in [1.807, 2.05) is 30.3 Å². The molecule has 0 unspecified atom stereocenters. The Balaban J connectivity index is 1.77. The summed E-state index contributed by atoms with van der Waals surface area (Å²) in [5.74, 6) is 2.20. The van der Waals surface area contributed by atoms with Gasteiger partial charge in [-0.15, -0.1) is 0 Å². The van der Waals surface area contributed by atoms with E-state index in [0.29, 0.717) is 12.2 Å². The van der Waals surface area contributed by atoms with Crippen molar-refractivity contribution in [1.82, 2.24) is 0 Å². The molecule has 5 heteroatoms. The van der Waals surface area contributed by atoms with Crippen molar-refractivity contribution in [3.63, 3.8) is 0 Å². The predicted octanol–water partition coefficient (Wildman–Crippen LogP) is 3.22. The molecular formula is C21H26NO4+. The van der Waals surface area contributed by atoms with Crippen LogP contribution in [0.25, 0.3) is 0 Å². The Labute approximate surface area is 154 Å². The smallest absolute Gasteiger partial charge is 0.231 e. The van der Waals surface area contributed by atoms with Gasteiger partial charge in [-0.05, 0) is 17.2 Å². The van der Waals surface area contributed by atoms with Crippen LogP contribution in [0.2, 0.25) is 0 Å². The molecule has 26 heavy (non-hydrogen) atoms. The summed E-state index contributed by atoms with van der Waals surface area (Å²) in [6.45, 7) is 1.23. The largest absolute Gasteiger partial charge is 0.492 e. The summed E-state index contributed by atoms with van der Waals surface area (Å²) in [7, 11) is 6.11. The van der Waals surface area contributed by atoms with Gasteiger partial charge in [-0.3, -0.25) is 0 Å². The van der Waals surface area contributed by atoms with Crippen molar-refractivity contribution in [2.24, 2.45) is 0 Å². The van der Waals surface area contributed by atoms with E-state index in [0.717, 1.165) is 40.1 Å². The minimum absolute atomic E-state index is 0.110. The molecule has 0 amide bonds. The van der Waals surface area contributed by atoms with Crippen LogP contribution in [0.15, 0.2) is 36.4 Å². The molecule has 4 rings (SSSR count). The van der Waals surface area contributed by atoms with Gasteiger partial charge in [0.15, 0.2) is 11.5 Å². The quantitative estimate of drug-likeness (QED) is 0.855. The molecule has 0 radical (unpaired) electrons. The fourth-order valence-corrected chi connectivity index (χ4v) is 4.19. The first-order valence-electron chi connectivity index (χ1n) is 9.06. The van der Waals surface area contributed by atoms with Gasteiger partial charge >= 0.3 is 0 Å². The number of likely N-dealkylation sites (N-methyl/N-ethyl adjacent to an activating group) is 1. The first-order valence-corrected chi connectivity index (χ1v) is 9.06. The number of fused-ring (bicyclic) bond motifs is 2. The Hall–Kier alpha value is -2.24. The summed E-state index contributed by atoms with van der Waals surface area (Å²) >= 11 is 0. The molecule has 0 aromatic heterocycles. The van der Waals surface area contributed by atoms with Gasteiger partial charge in [0.1, 0.15) is 6.04 Å². The van der Waals surface area contributed by atoms with Crippen LogP contribution in [-0.2, 0) is 6.42 Å². The highest BCUT2D eigenvalue weighted by atomic mass is 16.7. The zero-order chi connectivity index (χ0) is 18.3. The Morgan fingerprint density at radius 3 is 2.73 bits per heavy atom. The minimum atomic E-state index is -0.528. The second-order valence-electron chi connectivity index (χ2n) is 7.65. The zero-order valence-corrected chi connectivity index (χ0v) is 15.6. The van der Waals surface area contributed by atoms with Crippen molar-refractivity contribution >= 4 is 0 Å². The monoisotopic (exact) mass is 356 g/mol. The molecule has 5 nitrogen and oxygen atoms in total. The molecule has 2 aromatic carbocycles. The molecule has 138 valence electrons. The van der Waals surface area contributed by atoms with E-state index < -0.39 is 6.10 Å². The van der Waals surface area contributed by atoms with Gasteiger partial charge in [0.25, 0.3) is 0 Å². The van der Waals surface area contributed by atoms with Crippen LogP contribution in [-0.4, -0.2) is 44.1 Å². The summed E-state index contributed by atoms with van der Waals surface area (Å²) in [5.41, 5.74) is 3.32. The van der Waals surface area contributed by atoms with Crippen molar-refractivity contribution in [2.45, 2.75) is 25.0 Å². The highest BCUT2D eigenvalue weighted by Crippen LogP contribution is 2.52. The first-order chi connectivity index (χ1) is 12.5. The lowest BCUT2D eigenvalue weighted by atomic mass is 9.85. The van der Waals surface area contributed by atoms with Crippen molar-refractivity contribution in [2.75, 3.05) is 34.5 Å². The molecule has 2 aliphatic heterocycles. The standard InChI is InChI=1S/C21H26NO4/c1-22(2)10-9-15-11-18-20(26-13-25-18)21(24-3)19(15)16(22)12-17(23)14-7-5-4-6-8-14/h4-8,11,16-17,23H,9-10,12-13H2,1-3H3/q+1/t16-,17-/m1/s1. The molecule has 0 saturated heterocycles. The zero-order valence-electron chi connectivity index (χ0n) is 15.6. The highest BCUT2D eigenvalue weighted by molar-refractivity contribution is 5.61. The molecule has 2 aliphatic rings. The van der Waals surface area contributed by atoms with Gasteiger partial charge in [0.05, 0.1) is 39.4 Å². The van der Waals surface area contributed by atoms with Crippen molar-refractivity contribution in [3.8, 4) is 17.2 Å². The fraction of sp³-hybridized carbons (Fsp3) is 0.429. The summed E-state index contributed by atoms with van der Waals surface area (Å²) in [4.78, 5) is 0. The third-order valence-corrected chi connectivity index (χ3v) is 5.71. The van der Waals surface area contributed by atoms with E-state index in [1.54, 1.807) is 7.11 Å². The topological polar surface area (TPSA) is 47.9 Å². The summed E-state index contributed by atoms with van der Waals surface area (Å²) in [6, 6.07) is 12.0. The molecule has 1 N–H and O–H groups in total. The number of quaternary nitrogens is 1. The minimum Gasteiger partial charge on any atom is -0.492 e. The molecule has 0 aliphatic carbocycles. The van der Waals surface area contributed by atoms with Crippen LogP contribution in [0.3, 0.4) is 0 Å². The lowest BCUT2D eigenvalue weighted by Gasteiger charge is -2.44. The Morgan fingerprint density at radius 2 is 2.00 bits per heavy atom. The molecule has 2 heterocycles. The number of hydrogen-bond donors (Lipinski definition) is 1. The third kappa shape index (κ3) is 2.81. The molecule has 0 fully saturated rings. The van der Waals surface area contributed by atoms with Crippen LogP contribution in [0.5, 0.6) is 17.2 Å². The van der Waals surface area contributed by atoms with Crippen LogP contribution in [0.1, 0.15) is 35.3 Å². The van der Waals surface area contributed by atoms with Gasteiger partial charge in [0, 0.05) is 12.8 Å². The van der Waals surface area contributed by atoms with E-state index in [-0.39, 0.29) is 12.8 Å². The van der Waals surface area contributed by atoms with E-state index >= 15 is 0 Å². The normalized spacial score (nSPS) is 21.2. The average molecular weight is 356 g/mol. The molecule has 2 atom stereocenters. The number of rotatable bonds is 4. The number of ether oxygens (including phenoxy) is 3. The second kappa shape index (κ2) is 6.49. The van der Waals surface area contributed by atoms with Gasteiger partial charge in [0.2, 0.25) is 12.5 Å². The van der Waals surface area contributed by atoms with E-state index in [4.69, 9.17) is 14.2 Å². The number of hydrogen-bond acceptors (Lipinski definition) is 4. The van der Waals surface area contributed by atoms with Crippen molar-refractivity contribution in [1.29, 1.82) is 0 Å². The van der Waals surface area contributed by atoms with E-state index in [2.05, 4.69) is 20.2 Å². The molecular weight excluding hydrogens is 330 g/mol. The number of aliphatic hydroxyl groups is 1. The van der Waals surface area contributed by atoms with Crippen LogP contribution >= 0.6 is 0 Å². The number of aliphatic hydroxyl groups excluding tert-OH is 1. The summed E-state index contributed by atoms with van der Waals surface area (Å²) in [6.07, 6.45) is 1.05. The van der Waals surface area contributed by atoms with Crippen LogP contribution in [0, 0.1) is 0 Å². The summed E-state index contributed by atoms with van der Waals surface area (Å²) in [5, 5.41) is 10.9. The van der Waals surface area contributed by atoms with Crippen molar-refractivity contribution in [3.05, 3.63) is 53.1 Å². The molecule has 0 spiro atoms. The second-order valence-corrected chi connectivity index (χ2v) is 7.65. The van der Waals surface area contributed by atoms with Crippen LogP contribution < -0.4 is 14.2 Å². The Kier molecular flexibility index (Phi) is 4.29. The van der Waals surface area contributed by atoms with Gasteiger partial charge in [-0.25, -0.2) is 0 Å². The summed E-state index contributed by atoms with van der Waals surface area (Å²) < 4.78 is 17.8. The lowest BCUT2D eigenvalue weighted by Crippen LogP contribution is -2.48. The SMILES string of the molecule is COc1c2c(cc3c1[C@@H](C[C@@H](O)c1ccccc1)[N+](C)(C)CC3)OCO2. The van der Waals surface area contributed by atoms with E-state index in [1.165, 1.54) is 5.56 Å². The predicted molar refractivity (Wildman–Crippen MR) is 98.6 cm³/mol. The average Bonchev–Trinajstić information content (AvgIpc) is 3.11. The molecule has 0 bridgehead atoms. The molecule has 2 aromatic rings. The third-order valence-electron chi connectivity index (χ3n) is 5.71. The molecule has 0 saturated carbocycles. The van der Waals surface area contributed by atoms with Crippen molar-refractivity contribution < 1.29 is 23.8 Å². The fourth-order valence-electron chi connectivity index (χ4n) is 4.19. The Bertz CT molecular complexity index is 803. The van der Waals surface area contributed by atoms with Crippen LogP contribution in [0.4, 0.5) is 0 Å². The first kappa shape index (κ1) is 17.2. The maximum Gasteiger partial charge on any atom is 0.231 e. The van der Waals surface area contributed by atoms with Gasteiger partial charge < -0.3 is 23.8 Å². The Morgan fingerprint density at radius 1 is 1.23 bits per heavy atom. The lowest BCUT2D eigenvalue weighted by molar-refractivity contribution is -0.924. The number of nitrogens with zero attached hydrogens (tertiary/aromatic N) is 1. The van der Waals surface area contributed by atoms with Gasteiger partial charge in [-0.1, -0.05) is 30.3 Å². The van der Waals surface area contributed by atoms with E-state index in [9.17, 15) is 5.11 Å². The number of benzene rings is 2. The number of methoxy groups -OCH3 is 1. The highest BCUT2D eigenvalue weighted by Gasteiger charge is 2.42. The maximum absolute atomic E-state index is 10.9.